The second-order valence-electron chi connectivity index (χ2n) is 4.22. The summed E-state index contributed by atoms with van der Waals surface area (Å²) in [7, 11) is 1.75. The van der Waals surface area contributed by atoms with Crippen LogP contribution in [0.3, 0.4) is 0 Å². The molecule has 1 aromatic carbocycles. The highest BCUT2D eigenvalue weighted by Gasteiger charge is 2.15. The molecule has 0 saturated heterocycles. The molecule has 1 rings (SSSR count). The van der Waals surface area contributed by atoms with Crippen molar-refractivity contribution in [2.75, 3.05) is 24.4 Å². The zero-order valence-corrected chi connectivity index (χ0v) is 12.0. The minimum Gasteiger partial charge on any atom is -0.377 e. The summed E-state index contributed by atoms with van der Waals surface area (Å²) in [6, 6.07) is 5.94. The number of rotatable bonds is 6. The minimum absolute atomic E-state index is 0.0138. The molecule has 0 bridgehead atoms. The molecule has 0 atom stereocenters. The molecule has 0 N–H and O–H groups in total. The van der Waals surface area contributed by atoms with Crippen LogP contribution in [0, 0.1) is 6.92 Å². The van der Waals surface area contributed by atoms with E-state index in [-0.39, 0.29) is 11.8 Å². The molecule has 0 aromatic heterocycles. The number of nitrogens with zero attached hydrogens (tertiary/aromatic N) is 1. The van der Waals surface area contributed by atoms with E-state index in [1.807, 2.05) is 25.1 Å². The summed E-state index contributed by atoms with van der Waals surface area (Å²) in [4.78, 5) is 13.3. The average Bonchev–Trinajstić information content (AvgIpc) is 2.37. The van der Waals surface area contributed by atoms with Crippen LogP contribution in [0.1, 0.15) is 24.5 Å². The van der Waals surface area contributed by atoms with Crippen LogP contribution in [-0.4, -0.2) is 25.4 Å². The molecule has 4 heteroatoms. The maximum absolute atomic E-state index is 11.7. The van der Waals surface area contributed by atoms with Crippen LogP contribution in [0.2, 0.25) is 0 Å². The van der Waals surface area contributed by atoms with Crippen LogP contribution in [0.15, 0.2) is 18.2 Å². The Morgan fingerprint density at radius 3 is 2.78 bits per heavy atom. The summed E-state index contributed by atoms with van der Waals surface area (Å²) in [5.74, 6) is -0.122. The highest BCUT2D eigenvalue weighted by Crippen LogP contribution is 2.25. The largest absolute Gasteiger partial charge is 0.377 e. The fourth-order valence-electron chi connectivity index (χ4n) is 1.86. The Morgan fingerprint density at radius 2 is 2.17 bits per heavy atom. The predicted octanol–water partition coefficient (Wildman–Crippen LogP) is 3.12. The van der Waals surface area contributed by atoms with Crippen molar-refractivity contribution < 1.29 is 9.53 Å². The van der Waals surface area contributed by atoms with Crippen molar-refractivity contribution in [1.82, 2.24) is 0 Å². The quantitative estimate of drug-likeness (QED) is 0.587. The summed E-state index contributed by atoms with van der Waals surface area (Å²) in [5, 5.41) is 0. The van der Waals surface area contributed by atoms with Gasteiger partial charge in [0.2, 0.25) is 5.91 Å². The molecule has 100 valence electrons. The third-order valence-electron chi connectivity index (χ3n) is 2.75. The molecule has 0 heterocycles. The van der Waals surface area contributed by atoms with E-state index in [0.717, 1.165) is 29.8 Å². The van der Waals surface area contributed by atoms with Crippen molar-refractivity contribution in [3.63, 3.8) is 0 Å². The molecule has 0 aliphatic rings. The Bertz CT molecular complexity index is 407. The van der Waals surface area contributed by atoms with E-state index in [1.165, 1.54) is 0 Å². The van der Waals surface area contributed by atoms with Gasteiger partial charge in [0.25, 0.3) is 0 Å². The lowest BCUT2D eigenvalue weighted by molar-refractivity contribution is -0.116. The van der Waals surface area contributed by atoms with Crippen molar-refractivity contribution in [1.29, 1.82) is 0 Å². The van der Waals surface area contributed by atoms with Crippen LogP contribution in [0.5, 0.6) is 0 Å². The summed E-state index contributed by atoms with van der Waals surface area (Å²) in [6.45, 7) is 5.29. The van der Waals surface area contributed by atoms with Gasteiger partial charge in [-0.25, -0.2) is 0 Å². The molecular formula is C14H20ClNO2. The lowest BCUT2D eigenvalue weighted by atomic mass is 10.1. The third kappa shape index (κ3) is 3.72. The number of para-hydroxylation sites is 1. The first-order valence-corrected chi connectivity index (χ1v) is 6.64. The number of carbonyl (C=O) groups excluding carboxylic acids is 1. The first-order valence-electron chi connectivity index (χ1n) is 6.10. The zero-order valence-electron chi connectivity index (χ0n) is 11.2. The number of aryl methyl sites for hydroxylation is 1. The van der Waals surface area contributed by atoms with Crippen LogP contribution in [0.4, 0.5) is 5.69 Å². The zero-order chi connectivity index (χ0) is 13.5. The highest BCUT2D eigenvalue weighted by molar-refractivity contribution is 6.29. The van der Waals surface area contributed by atoms with Gasteiger partial charge >= 0.3 is 0 Å². The molecule has 1 aromatic rings. The number of anilines is 1. The van der Waals surface area contributed by atoms with Gasteiger partial charge in [-0.2, -0.15) is 0 Å². The van der Waals surface area contributed by atoms with Crippen molar-refractivity contribution >= 4 is 23.2 Å². The van der Waals surface area contributed by atoms with Gasteiger partial charge < -0.3 is 9.64 Å². The van der Waals surface area contributed by atoms with Gasteiger partial charge in [-0.3, -0.25) is 4.79 Å². The van der Waals surface area contributed by atoms with Gasteiger partial charge in [-0.1, -0.05) is 25.1 Å². The number of hydrogen-bond donors (Lipinski definition) is 0. The second kappa shape index (κ2) is 7.39. The maximum Gasteiger partial charge on any atom is 0.241 e. The number of hydrogen-bond acceptors (Lipinski definition) is 2. The van der Waals surface area contributed by atoms with Gasteiger partial charge in [0.05, 0.1) is 12.3 Å². The maximum atomic E-state index is 11.7. The Morgan fingerprint density at radius 1 is 1.44 bits per heavy atom. The van der Waals surface area contributed by atoms with Crippen molar-refractivity contribution in [2.24, 2.45) is 0 Å². The van der Waals surface area contributed by atoms with E-state index in [2.05, 4.69) is 6.92 Å². The Hall–Kier alpha value is -1.06. The van der Waals surface area contributed by atoms with Crippen molar-refractivity contribution in [3.05, 3.63) is 29.3 Å². The summed E-state index contributed by atoms with van der Waals surface area (Å²) >= 11 is 5.61. The van der Waals surface area contributed by atoms with E-state index < -0.39 is 0 Å². The summed E-state index contributed by atoms with van der Waals surface area (Å²) < 4.78 is 5.56. The lowest BCUT2D eigenvalue weighted by Crippen LogP contribution is -2.29. The van der Waals surface area contributed by atoms with Gasteiger partial charge in [0, 0.05) is 19.2 Å². The Balaban J connectivity index is 2.96. The monoisotopic (exact) mass is 269 g/mol. The second-order valence-corrected chi connectivity index (χ2v) is 4.49. The van der Waals surface area contributed by atoms with Gasteiger partial charge in [-0.15, -0.1) is 11.6 Å². The van der Waals surface area contributed by atoms with Gasteiger partial charge in [0.15, 0.2) is 0 Å². The molecule has 1 amide bonds. The molecule has 0 saturated carbocycles. The minimum atomic E-state index is -0.109. The molecule has 18 heavy (non-hydrogen) atoms. The molecule has 0 aliphatic carbocycles. The van der Waals surface area contributed by atoms with E-state index in [9.17, 15) is 4.79 Å². The fraction of sp³-hybridized carbons (Fsp3) is 0.500. The normalized spacial score (nSPS) is 10.4. The molecule has 0 unspecified atom stereocenters. The average molecular weight is 270 g/mol. The number of alkyl halides is 1. The van der Waals surface area contributed by atoms with E-state index >= 15 is 0 Å². The van der Waals surface area contributed by atoms with Crippen LogP contribution >= 0.6 is 11.6 Å². The van der Waals surface area contributed by atoms with Gasteiger partial charge in [0.1, 0.15) is 5.88 Å². The predicted molar refractivity (Wildman–Crippen MR) is 75.3 cm³/mol. The number of halogens is 1. The first-order chi connectivity index (χ1) is 8.61. The van der Waals surface area contributed by atoms with Crippen molar-refractivity contribution in [3.8, 4) is 0 Å². The Kier molecular flexibility index (Phi) is 6.16. The summed E-state index contributed by atoms with van der Waals surface area (Å²) in [6.07, 6.45) is 0.984. The molecule has 0 radical (unpaired) electrons. The molecular weight excluding hydrogens is 250 g/mol. The number of ether oxygens (including phenoxy) is 1. The number of amides is 1. The Labute approximate surface area is 114 Å². The third-order valence-corrected chi connectivity index (χ3v) is 2.98. The number of carbonyl (C=O) groups is 1. The smallest absolute Gasteiger partial charge is 0.241 e. The molecule has 0 spiro atoms. The van der Waals surface area contributed by atoms with Gasteiger partial charge in [-0.05, 0) is 18.9 Å². The first kappa shape index (κ1) is 15.0. The van der Waals surface area contributed by atoms with Crippen LogP contribution in [0.25, 0.3) is 0 Å². The van der Waals surface area contributed by atoms with Crippen molar-refractivity contribution in [2.45, 2.75) is 26.9 Å². The van der Waals surface area contributed by atoms with Crippen LogP contribution < -0.4 is 4.90 Å². The SMILES string of the molecule is CCCOCc1cccc(C)c1N(C)C(=O)CCl. The molecule has 0 fully saturated rings. The van der Waals surface area contributed by atoms with E-state index in [0.29, 0.717) is 6.61 Å². The lowest BCUT2D eigenvalue weighted by Gasteiger charge is -2.22. The highest BCUT2D eigenvalue weighted by atomic mass is 35.5. The van der Waals surface area contributed by atoms with E-state index in [1.54, 1.807) is 11.9 Å². The summed E-state index contributed by atoms with van der Waals surface area (Å²) in [5.41, 5.74) is 2.97. The topological polar surface area (TPSA) is 29.5 Å². The standard InChI is InChI=1S/C14H20ClNO2/c1-4-8-18-10-12-7-5-6-11(2)14(12)16(3)13(17)9-15/h5-7H,4,8-10H2,1-3H3. The van der Waals surface area contributed by atoms with Crippen LogP contribution in [-0.2, 0) is 16.1 Å². The van der Waals surface area contributed by atoms with E-state index in [4.69, 9.17) is 16.3 Å². The fourth-order valence-corrected chi connectivity index (χ4v) is 2.04. The molecule has 3 nitrogen and oxygen atoms in total. The number of benzene rings is 1. The molecule has 0 aliphatic heterocycles.